The lowest BCUT2D eigenvalue weighted by Gasteiger charge is -2.27. The predicted molar refractivity (Wildman–Crippen MR) is 163 cm³/mol. The maximum Gasteiger partial charge on any atom is 0.243 e. The van der Waals surface area contributed by atoms with Crippen LogP contribution in [0.2, 0.25) is 0 Å². The zero-order valence-corrected chi connectivity index (χ0v) is 25.1. The number of methoxy groups -OCH3 is 1. The van der Waals surface area contributed by atoms with Gasteiger partial charge in [0.1, 0.15) is 23.1 Å². The molecule has 0 saturated carbocycles. The molecule has 0 radical (unpaired) electrons. The quantitative estimate of drug-likeness (QED) is 0.309. The van der Waals surface area contributed by atoms with Crippen molar-refractivity contribution in [2.24, 2.45) is 24.6 Å². The number of benzene rings is 2. The van der Waals surface area contributed by atoms with E-state index in [1.807, 2.05) is 49.5 Å². The van der Waals surface area contributed by atoms with E-state index in [9.17, 15) is 14.4 Å². The number of ether oxygens (including phenoxy) is 1. The van der Waals surface area contributed by atoms with E-state index < -0.39 is 12.1 Å². The topological polar surface area (TPSA) is 144 Å². The Kier molecular flexibility index (Phi) is 10.0. The summed E-state index contributed by atoms with van der Waals surface area (Å²) in [5, 5.41) is 14.6. The molecular formula is C32H43N7O4. The summed E-state index contributed by atoms with van der Waals surface area (Å²) in [6, 6.07) is 12.2. The number of nitrogens with two attached hydrogens (primary N) is 1. The Labute approximate surface area is 252 Å². The maximum atomic E-state index is 13.7. The Balaban J connectivity index is 1.24. The van der Waals surface area contributed by atoms with Crippen LogP contribution in [-0.2, 0) is 34.4 Å². The van der Waals surface area contributed by atoms with Crippen molar-refractivity contribution in [2.75, 3.05) is 26.7 Å². The highest BCUT2D eigenvalue weighted by Gasteiger charge is 2.41. The molecule has 11 heteroatoms. The summed E-state index contributed by atoms with van der Waals surface area (Å²) in [5.41, 5.74) is 10.1. The molecule has 2 saturated heterocycles. The van der Waals surface area contributed by atoms with Gasteiger partial charge >= 0.3 is 0 Å². The van der Waals surface area contributed by atoms with E-state index >= 15 is 0 Å². The summed E-state index contributed by atoms with van der Waals surface area (Å²) in [7, 11) is 3.47. The van der Waals surface area contributed by atoms with Gasteiger partial charge in [0.2, 0.25) is 11.8 Å². The second-order valence-corrected chi connectivity index (χ2v) is 11.9. The van der Waals surface area contributed by atoms with Crippen molar-refractivity contribution in [3.8, 4) is 5.75 Å². The van der Waals surface area contributed by atoms with Crippen molar-refractivity contribution in [3.05, 3.63) is 53.6 Å². The number of carbonyl (C=O) groups is 3. The molecule has 2 aliphatic rings. The zero-order chi connectivity index (χ0) is 30.3. The number of fused-ring (bicyclic) bond motifs is 1. The first kappa shape index (κ1) is 30.6. The van der Waals surface area contributed by atoms with Gasteiger partial charge in [-0.3, -0.25) is 14.4 Å². The van der Waals surface area contributed by atoms with Crippen molar-refractivity contribution in [1.82, 2.24) is 30.5 Å². The number of nitrogens with zero attached hydrogens (tertiary/aromatic N) is 4. The Morgan fingerprint density at radius 1 is 1.12 bits per heavy atom. The normalized spacial score (nSPS) is 21.4. The highest BCUT2D eigenvalue weighted by molar-refractivity contribution is 5.91. The third kappa shape index (κ3) is 7.58. The summed E-state index contributed by atoms with van der Waals surface area (Å²) in [6.07, 6.45) is 4.51. The Morgan fingerprint density at radius 3 is 2.70 bits per heavy atom. The molecule has 5 rings (SSSR count). The Bertz CT molecular complexity index is 1410. The van der Waals surface area contributed by atoms with E-state index in [0.29, 0.717) is 19.5 Å². The first-order valence-corrected chi connectivity index (χ1v) is 15.3. The first-order chi connectivity index (χ1) is 20.8. The van der Waals surface area contributed by atoms with Gasteiger partial charge in [-0.1, -0.05) is 23.4 Å². The molecule has 4 atom stereocenters. The van der Waals surface area contributed by atoms with E-state index in [0.717, 1.165) is 66.7 Å². The summed E-state index contributed by atoms with van der Waals surface area (Å²) in [6.45, 7) is 2.52. The van der Waals surface area contributed by atoms with Gasteiger partial charge in [-0.05, 0) is 92.9 Å². The largest absolute Gasteiger partial charge is 0.497 e. The number of ketones is 1. The van der Waals surface area contributed by atoms with Gasteiger partial charge in [-0.25, -0.2) is 4.68 Å². The zero-order valence-electron chi connectivity index (χ0n) is 25.1. The molecule has 2 amide bonds. The number of nitrogens with one attached hydrogen (secondary N) is 2. The van der Waals surface area contributed by atoms with Gasteiger partial charge in [-0.2, -0.15) is 0 Å². The van der Waals surface area contributed by atoms with Gasteiger partial charge < -0.3 is 26.0 Å². The molecule has 1 aromatic heterocycles. The molecule has 230 valence electrons. The molecule has 0 spiro atoms. The fraction of sp³-hybridized carbons (Fsp3) is 0.531. The number of carbonyl (C=O) groups excluding carboxylic acids is 3. The summed E-state index contributed by atoms with van der Waals surface area (Å²) < 4.78 is 6.98. The van der Waals surface area contributed by atoms with Crippen LogP contribution in [0.5, 0.6) is 5.75 Å². The van der Waals surface area contributed by atoms with Crippen LogP contribution in [0, 0.1) is 11.8 Å². The summed E-state index contributed by atoms with van der Waals surface area (Å²) >= 11 is 0. The molecule has 3 aromatic rings. The molecule has 2 aromatic carbocycles. The molecular weight excluding hydrogens is 546 g/mol. The van der Waals surface area contributed by atoms with Crippen LogP contribution in [0.1, 0.15) is 49.7 Å². The second-order valence-electron chi connectivity index (χ2n) is 11.9. The third-order valence-corrected chi connectivity index (χ3v) is 8.85. The van der Waals surface area contributed by atoms with Crippen molar-refractivity contribution < 1.29 is 19.1 Å². The SMILES string of the molecule is COc1ccc(CC2CC(C(=O)NCc3ccc4c(c3)nnn4C)N(C(=O)C(N)CCC(=O)C3CCCNCC3)C2)cc1. The van der Waals surface area contributed by atoms with Crippen molar-refractivity contribution in [2.45, 2.75) is 63.6 Å². The van der Waals surface area contributed by atoms with Crippen LogP contribution in [-0.4, -0.2) is 76.3 Å². The molecule has 4 unspecified atom stereocenters. The molecule has 0 bridgehead atoms. The molecule has 0 aliphatic carbocycles. The molecule has 3 heterocycles. The van der Waals surface area contributed by atoms with Gasteiger partial charge in [0.15, 0.2) is 0 Å². The number of aromatic nitrogens is 3. The monoisotopic (exact) mass is 589 g/mol. The highest BCUT2D eigenvalue weighted by atomic mass is 16.5. The molecule has 43 heavy (non-hydrogen) atoms. The number of rotatable bonds is 11. The van der Waals surface area contributed by atoms with Crippen LogP contribution in [0.4, 0.5) is 0 Å². The smallest absolute Gasteiger partial charge is 0.243 e. The highest BCUT2D eigenvalue weighted by Crippen LogP contribution is 2.29. The average molecular weight is 590 g/mol. The van der Waals surface area contributed by atoms with Crippen molar-refractivity contribution in [3.63, 3.8) is 0 Å². The van der Waals surface area contributed by atoms with E-state index in [4.69, 9.17) is 10.5 Å². The number of Topliss-reactive ketones (excluding diaryl/α,β-unsaturated/α-hetero) is 1. The van der Waals surface area contributed by atoms with Crippen LogP contribution in [0.3, 0.4) is 0 Å². The van der Waals surface area contributed by atoms with E-state index in [2.05, 4.69) is 20.9 Å². The predicted octanol–water partition coefficient (Wildman–Crippen LogP) is 2.12. The summed E-state index contributed by atoms with van der Waals surface area (Å²) in [5.74, 6) is 0.603. The van der Waals surface area contributed by atoms with E-state index in [-0.39, 0.29) is 42.3 Å². The number of hydrogen-bond donors (Lipinski definition) is 3. The molecule has 11 nitrogen and oxygen atoms in total. The van der Waals surface area contributed by atoms with Crippen LogP contribution >= 0.6 is 0 Å². The lowest BCUT2D eigenvalue weighted by Crippen LogP contribution is -2.51. The minimum Gasteiger partial charge on any atom is -0.497 e. The summed E-state index contributed by atoms with van der Waals surface area (Å²) in [4.78, 5) is 41.8. The molecule has 4 N–H and O–H groups in total. The fourth-order valence-electron chi connectivity index (χ4n) is 6.34. The Hall–Kier alpha value is -3.83. The molecule has 2 aliphatic heterocycles. The Morgan fingerprint density at radius 2 is 1.91 bits per heavy atom. The lowest BCUT2D eigenvalue weighted by atomic mass is 9.92. The van der Waals surface area contributed by atoms with Crippen LogP contribution in [0.25, 0.3) is 11.0 Å². The van der Waals surface area contributed by atoms with Gasteiger partial charge in [-0.15, -0.1) is 5.10 Å². The number of amides is 2. The maximum absolute atomic E-state index is 13.7. The van der Waals surface area contributed by atoms with Gasteiger partial charge in [0.25, 0.3) is 0 Å². The molecule has 2 fully saturated rings. The van der Waals surface area contributed by atoms with E-state index in [1.165, 1.54) is 0 Å². The van der Waals surface area contributed by atoms with Crippen LogP contribution < -0.4 is 21.1 Å². The number of likely N-dealkylation sites (tertiary alicyclic amines) is 1. The number of hydrogen-bond acceptors (Lipinski definition) is 8. The standard InChI is InChI=1S/C32H43N7O4/c1-38-28-11-7-22(17-27(28)36-37-38)19-35-31(41)29-18-23(16-21-5-8-25(43-2)9-6-21)20-39(29)32(42)26(33)10-12-30(40)24-4-3-14-34-15-13-24/h5-9,11,17,23-24,26,29,34H,3-4,10,12-16,18-20,33H2,1-2H3,(H,35,41). The fourth-order valence-corrected chi connectivity index (χ4v) is 6.34. The minimum absolute atomic E-state index is 0.0255. The van der Waals surface area contributed by atoms with E-state index in [1.54, 1.807) is 16.7 Å². The number of aryl methyl sites for hydroxylation is 1. The first-order valence-electron chi connectivity index (χ1n) is 15.3. The van der Waals surface area contributed by atoms with Gasteiger partial charge in [0, 0.05) is 32.5 Å². The van der Waals surface area contributed by atoms with Gasteiger partial charge in [0.05, 0.1) is 18.7 Å². The van der Waals surface area contributed by atoms with Crippen LogP contribution in [0.15, 0.2) is 42.5 Å². The third-order valence-electron chi connectivity index (χ3n) is 8.85. The van der Waals surface area contributed by atoms with Crippen molar-refractivity contribution >= 4 is 28.6 Å². The average Bonchev–Trinajstić information content (AvgIpc) is 3.49. The second kappa shape index (κ2) is 14.1. The lowest BCUT2D eigenvalue weighted by molar-refractivity contribution is -0.139. The minimum atomic E-state index is -0.832. The van der Waals surface area contributed by atoms with Crippen molar-refractivity contribution in [1.29, 1.82) is 0 Å².